The Morgan fingerprint density at radius 3 is 1.05 bits per heavy atom. The van der Waals surface area contributed by atoms with E-state index in [4.69, 9.17) is 9.47 Å². The van der Waals surface area contributed by atoms with Crippen LogP contribution in [0.15, 0.2) is 48.5 Å². The fourth-order valence-corrected chi connectivity index (χ4v) is 4.86. The van der Waals surface area contributed by atoms with E-state index < -0.39 is 0 Å². The highest BCUT2D eigenvalue weighted by Crippen LogP contribution is 2.37. The van der Waals surface area contributed by atoms with Gasteiger partial charge in [0.15, 0.2) is 0 Å². The highest BCUT2D eigenvalue weighted by Gasteiger charge is 2.33. The molecular formula is C31H40N4O4. The van der Waals surface area contributed by atoms with Gasteiger partial charge < -0.3 is 29.4 Å². The molecule has 0 bridgehead atoms. The molecule has 4 heterocycles. The zero-order valence-electron chi connectivity index (χ0n) is 24.2. The number of H-pyrrole nitrogens is 4. The van der Waals surface area contributed by atoms with Crippen molar-refractivity contribution >= 4 is 11.9 Å². The van der Waals surface area contributed by atoms with E-state index in [0.29, 0.717) is 24.6 Å². The molecule has 0 aliphatic rings. The second-order valence-electron chi connectivity index (χ2n) is 11.5. The first kappa shape index (κ1) is 28.1. The fraction of sp³-hybridized carbons (Fsp3) is 0.419. The van der Waals surface area contributed by atoms with Crippen LogP contribution < -0.4 is 0 Å². The molecule has 0 unspecified atom stereocenters. The molecule has 8 heteroatoms. The Kier molecular flexibility index (Phi) is 7.43. The second-order valence-corrected chi connectivity index (χ2v) is 11.5. The molecule has 0 saturated heterocycles. The summed E-state index contributed by atoms with van der Waals surface area (Å²) < 4.78 is 10.3. The average molecular weight is 533 g/mol. The molecule has 0 amide bonds. The Balaban J connectivity index is 1.57. The normalized spacial score (nSPS) is 12.5. The van der Waals surface area contributed by atoms with E-state index >= 15 is 0 Å². The maximum atomic E-state index is 12.1. The summed E-state index contributed by atoms with van der Waals surface area (Å²) in [5.41, 5.74) is 5.86. The van der Waals surface area contributed by atoms with Gasteiger partial charge in [0.2, 0.25) is 0 Å². The zero-order valence-corrected chi connectivity index (χ0v) is 24.2. The molecule has 4 aromatic rings. The van der Waals surface area contributed by atoms with Crippen LogP contribution in [0.2, 0.25) is 0 Å². The van der Waals surface area contributed by atoms with Gasteiger partial charge >= 0.3 is 11.9 Å². The predicted molar refractivity (Wildman–Crippen MR) is 151 cm³/mol. The zero-order chi connectivity index (χ0) is 28.6. The van der Waals surface area contributed by atoms with Gasteiger partial charge in [0.05, 0.1) is 13.2 Å². The molecule has 0 aromatic carbocycles. The number of rotatable bonds is 10. The van der Waals surface area contributed by atoms with E-state index in [1.54, 1.807) is 26.0 Å². The van der Waals surface area contributed by atoms with Crippen LogP contribution in [0.4, 0.5) is 0 Å². The minimum Gasteiger partial charge on any atom is -0.461 e. The predicted octanol–water partition coefficient (Wildman–Crippen LogP) is 6.33. The van der Waals surface area contributed by atoms with Gasteiger partial charge in [-0.2, -0.15) is 0 Å². The van der Waals surface area contributed by atoms with Crippen molar-refractivity contribution in [2.45, 2.75) is 71.6 Å². The highest BCUT2D eigenvalue weighted by molar-refractivity contribution is 5.88. The number of carbonyl (C=O) groups is 2. The van der Waals surface area contributed by atoms with E-state index in [-0.39, 0.29) is 28.2 Å². The molecule has 0 saturated carbocycles. The summed E-state index contributed by atoms with van der Waals surface area (Å²) >= 11 is 0. The van der Waals surface area contributed by atoms with Crippen LogP contribution in [0.25, 0.3) is 0 Å². The van der Waals surface area contributed by atoms with E-state index in [2.05, 4.69) is 85.7 Å². The van der Waals surface area contributed by atoms with E-state index in [1.807, 2.05) is 12.1 Å². The van der Waals surface area contributed by atoms with Crippen molar-refractivity contribution in [1.29, 1.82) is 0 Å². The van der Waals surface area contributed by atoms with Crippen molar-refractivity contribution in [1.82, 2.24) is 19.9 Å². The van der Waals surface area contributed by atoms with Crippen LogP contribution in [-0.2, 0) is 25.7 Å². The molecule has 0 radical (unpaired) electrons. The summed E-state index contributed by atoms with van der Waals surface area (Å²) in [6.45, 7) is 17.1. The lowest BCUT2D eigenvalue weighted by Crippen LogP contribution is -2.24. The number of ether oxygens (including phenoxy) is 2. The van der Waals surface area contributed by atoms with Gasteiger partial charge in [-0.05, 0) is 104 Å². The second kappa shape index (κ2) is 10.3. The molecule has 8 nitrogen and oxygen atoms in total. The van der Waals surface area contributed by atoms with Crippen LogP contribution in [0, 0.1) is 0 Å². The Bertz CT molecular complexity index is 1350. The SMILES string of the molecule is CCOC(=O)c1ccc(C(C)(C)c2ccc(C(C)(C)c3ccc(C(C)(C)c4ccc(C(=O)OCC)[nH]4)[nH]3)[nH]2)[nH]1. The number of aromatic nitrogens is 4. The maximum absolute atomic E-state index is 12.1. The molecule has 4 N–H and O–H groups in total. The third-order valence-electron chi connectivity index (χ3n) is 7.77. The van der Waals surface area contributed by atoms with Crippen molar-refractivity contribution in [2.75, 3.05) is 13.2 Å². The van der Waals surface area contributed by atoms with Crippen molar-refractivity contribution in [3.05, 3.63) is 94.1 Å². The van der Waals surface area contributed by atoms with Crippen LogP contribution in [-0.4, -0.2) is 45.1 Å². The van der Waals surface area contributed by atoms with Gasteiger partial charge in [0, 0.05) is 50.4 Å². The van der Waals surface area contributed by atoms with Crippen molar-refractivity contribution in [3.63, 3.8) is 0 Å². The Morgan fingerprint density at radius 1 is 0.513 bits per heavy atom. The minimum absolute atomic E-state index is 0.333. The lowest BCUT2D eigenvalue weighted by molar-refractivity contribution is 0.0510. The average Bonchev–Trinajstić information content (AvgIpc) is 3.70. The summed E-state index contributed by atoms with van der Waals surface area (Å²) in [7, 11) is 0. The number of carbonyl (C=O) groups excluding carboxylic acids is 2. The largest absolute Gasteiger partial charge is 0.461 e. The van der Waals surface area contributed by atoms with Crippen molar-refractivity contribution in [2.24, 2.45) is 0 Å². The van der Waals surface area contributed by atoms with E-state index in [1.165, 1.54) is 0 Å². The first-order valence-corrected chi connectivity index (χ1v) is 13.5. The Morgan fingerprint density at radius 2 is 0.769 bits per heavy atom. The minimum atomic E-state index is -0.383. The van der Waals surface area contributed by atoms with Crippen LogP contribution >= 0.6 is 0 Å². The number of esters is 2. The smallest absolute Gasteiger partial charge is 0.354 e. The number of nitrogens with one attached hydrogen (secondary N) is 4. The highest BCUT2D eigenvalue weighted by atomic mass is 16.5. The number of aromatic amines is 4. The van der Waals surface area contributed by atoms with Crippen LogP contribution in [0.1, 0.15) is 111 Å². The van der Waals surface area contributed by atoms with E-state index in [0.717, 1.165) is 34.2 Å². The van der Waals surface area contributed by atoms with Crippen LogP contribution in [0.5, 0.6) is 0 Å². The fourth-order valence-electron chi connectivity index (χ4n) is 4.86. The van der Waals surface area contributed by atoms with Gasteiger partial charge in [-0.1, -0.05) is 0 Å². The molecule has 208 valence electrons. The molecular weight excluding hydrogens is 492 g/mol. The molecule has 4 rings (SSSR count). The maximum Gasteiger partial charge on any atom is 0.354 e. The van der Waals surface area contributed by atoms with Gasteiger partial charge in [-0.3, -0.25) is 0 Å². The van der Waals surface area contributed by atoms with Crippen LogP contribution in [0.3, 0.4) is 0 Å². The summed E-state index contributed by atoms with van der Waals surface area (Å²) in [5, 5.41) is 0. The van der Waals surface area contributed by atoms with Gasteiger partial charge in [-0.15, -0.1) is 0 Å². The summed E-state index contributed by atoms with van der Waals surface area (Å²) in [6.07, 6.45) is 0. The first-order chi connectivity index (χ1) is 18.3. The first-order valence-electron chi connectivity index (χ1n) is 13.5. The third-order valence-corrected chi connectivity index (χ3v) is 7.77. The lowest BCUT2D eigenvalue weighted by atomic mass is 9.85. The molecule has 0 atom stereocenters. The molecule has 39 heavy (non-hydrogen) atoms. The summed E-state index contributed by atoms with van der Waals surface area (Å²) in [6, 6.07) is 15.9. The number of hydrogen-bond donors (Lipinski definition) is 4. The van der Waals surface area contributed by atoms with Gasteiger partial charge in [-0.25, -0.2) is 9.59 Å². The standard InChI is InChI=1S/C31H40N4O4/c1-9-38-27(36)19-11-13-21(32-19)29(3,4)23-15-17-25(34-23)31(7,8)26-18-16-24(35-26)30(5,6)22-14-12-20(33-22)28(37)39-10-2/h11-18,32-35H,9-10H2,1-8H3. The Labute approximate surface area is 229 Å². The monoisotopic (exact) mass is 532 g/mol. The molecule has 0 fully saturated rings. The molecule has 0 aliphatic heterocycles. The molecule has 0 spiro atoms. The summed E-state index contributed by atoms with van der Waals surface area (Å²) in [4.78, 5) is 38.1. The van der Waals surface area contributed by atoms with Crippen molar-refractivity contribution in [3.8, 4) is 0 Å². The van der Waals surface area contributed by atoms with Gasteiger partial charge in [0.1, 0.15) is 11.4 Å². The third kappa shape index (κ3) is 5.20. The Hall–Kier alpha value is -3.94. The van der Waals surface area contributed by atoms with Crippen molar-refractivity contribution < 1.29 is 19.1 Å². The summed E-state index contributed by atoms with van der Waals surface area (Å²) in [5.74, 6) is -0.704. The van der Waals surface area contributed by atoms with Gasteiger partial charge in [0.25, 0.3) is 0 Å². The quantitative estimate of drug-likeness (QED) is 0.179. The lowest BCUT2D eigenvalue weighted by Gasteiger charge is -2.26. The van der Waals surface area contributed by atoms with E-state index in [9.17, 15) is 9.59 Å². The molecule has 4 aromatic heterocycles. The molecule has 0 aliphatic carbocycles. The topological polar surface area (TPSA) is 116 Å². The number of hydrogen-bond acceptors (Lipinski definition) is 4.